The highest BCUT2D eigenvalue weighted by atomic mass is 79.9. The molecule has 2 N–H and O–H groups in total. The first-order valence-corrected chi connectivity index (χ1v) is 12.3. The molecule has 2 aromatic heterocycles. The molecule has 0 radical (unpaired) electrons. The lowest BCUT2D eigenvalue weighted by molar-refractivity contribution is 0.0740. The molecule has 3 aromatic rings. The zero-order valence-electron chi connectivity index (χ0n) is 19.9. The van der Waals surface area contributed by atoms with Gasteiger partial charge in [-0.05, 0) is 65.7 Å². The van der Waals surface area contributed by atoms with Crippen LogP contribution in [-0.2, 0) is 12.6 Å². The summed E-state index contributed by atoms with van der Waals surface area (Å²) in [6.07, 6.45) is -1.24. The molecule has 1 aliphatic carbocycles. The molecule has 5 rings (SSSR count). The van der Waals surface area contributed by atoms with Crippen molar-refractivity contribution in [2.45, 2.75) is 25.5 Å². The molecule has 9 nitrogen and oxygen atoms in total. The number of fused-ring (bicyclic) bond motifs is 1. The molecule has 2 aliphatic rings. The molecule has 2 amide bonds. The molecular weight excluding hydrogens is 533 g/mol. The topological polar surface area (TPSA) is 110 Å². The van der Waals surface area contributed by atoms with Crippen molar-refractivity contribution in [2.24, 2.45) is 18.9 Å². The van der Waals surface area contributed by atoms with Crippen molar-refractivity contribution in [3.8, 4) is 17.1 Å². The van der Waals surface area contributed by atoms with E-state index < -0.39 is 11.6 Å². The van der Waals surface area contributed by atoms with Gasteiger partial charge in [0.15, 0.2) is 0 Å². The van der Waals surface area contributed by atoms with Crippen molar-refractivity contribution >= 4 is 27.9 Å². The van der Waals surface area contributed by atoms with Gasteiger partial charge in [-0.2, -0.15) is 5.10 Å². The average molecular weight is 558 g/mol. The van der Waals surface area contributed by atoms with E-state index in [1.54, 1.807) is 55.9 Å². The first-order valence-electron chi connectivity index (χ1n) is 11.5. The zero-order valence-corrected chi connectivity index (χ0v) is 21.5. The molecule has 0 bridgehead atoms. The second kappa shape index (κ2) is 8.88. The van der Waals surface area contributed by atoms with Gasteiger partial charge < -0.3 is 20.1 Å². The minimum Gasteiger partial charge on any atom is -0.474 e. The van der Waals surface area contributed by atoms with Gasteiger partial charge in [-0.25, -0.2) is 14.2 Å². The molecule has 3 atom stereocenters. The Morgan fingerprint density at radius 2 is 1.83 bits per heavy atom. The predicted octanol–water partition coefficient (Wildman–Crippen LogP) is 4.04. The fourth-order valence-corrected chi connectivity index (χ4v) is 5.24. The molecule has 36 heavy (non-hydrogen) atoms. The molecule has 1 aromatic carbocycles. The third-order valence-corrected chi connectivity index (χ3v) is 7.20. The van der Waals surface area contributed by atoms with Crippen LogP contribution in [0.4, 0.5) is 9.18 Å². The zero-order chi connectivity index (χ0) is 25.8. The number of benzene rings is 1. The van der Waals surface area contributed by atoms with E-state index in [1.165, 1.54) is 12.1 Å². The van der Waals surface area contributed by atoms with Crippen molar-refractivity contribution in [2.75, 3.05) is 13.1 Å². The van der Waals surface area contributed by atoms with Crippen LogP contribution in [0.15, 0.2) is 47.1 Å². The lowest BCUT2D eigenvalue weighted by Gasteiger charge is -2.26. The van der Waals surface area contributed by atoms with Gasteiger partial charge in [0, 0.05) is 49.7 Å². The van der Waals surface area contributed by atoms with Crippen LogP contribution in [0.5, 0.6) is 5.88 Å². The van der Waals surface area contributed by atoms with Crippen LogP contribution >= 0.6 is 15.9 Å². The molecule has 1 unspecified atom stereocenters. The fourth-order valence-electron chi connectivity index (χ4n) is 4.78. The van der Waals surface area contributed by atoms with Crippen LogP contribution in [0.2, 0.25) is 0 Å². The van der Waals surface area contributed by atoms with Crippen LogP contribution in [0.3, 0.4) is 0 Å². The average Bonchev–Trinajstić information content (AvgIpc) is 3.11. The first-order chi connectivity index (χ1) is 17.0. The van der Waals surface area contributed by atoms with E-state index >= 15 is 0 Å². The molecule has 11 heteroatoms. The summed E-state index contributed by atoms with van der Waals surface area (Å²) in [7, 11) is 1.73. The van der Waals surface area contributed by atoms with Crippen LogP contribution in [0.25, 0.3) is 11.3 Å². The fraction of sp³-hybridized carbons (Fsp3) is 0.360. The van der Waals surface area contributed by atoms with Gasteiger partial charge >= 0.3 is 6.09 Å². The summed E-state index contributed by atoms with van der Waals surface area (Å²) < 4.78 is 21.9. The molecule has 2 fully saturated rings. The maximum absolute atomic E-state index is 13.5. The van der Waals surface area contributed by atoms with Gasteiger partial charge in [-0.1, -0.05) is 0 Å². The highest BCUT2D eigenvalue weighted by molar-refractivity contribution is 9.10. The lowest BCUT2D eigenvalue weighted by Crippen LogP contribution is -2.40. The number of nitrogens with zero attached hydrogens (tertiary/aromatic N) is 4. The Morgan fingerprint density at radius 3 is 2.42 bits per heavy atom. The number of hydrogen-bond acceptors (Lipinski definition) is 5. The maximum Gasteiger partial charge on any atom is 0.405 e. The van der Waals surface area contributed by atoms with Gasteiger partial charge in [-0.15, -0.1) is 0 Å². The van der Waals surface area contributed by atoms with Crippen molar-refractivity contribution in [3.63, 3.8) is 0 Å². The third-order valence-electron chi connectivity index (χ3n) is 6.81. The van der Waals surface area contributed by atoms with Crippen molar-refractivity contribution in [1.29, 1.82) is 0 Å². The Labute approximate surface area is 215 Å². The molecule has 188 valence electrons. The molecule has 0 spiro atoms. The van der Waals surface area contributed by atoms with Gasteiger partial charge in [0.25, 0.3) is 5.91 Å². The quantitative estimate of drug-likeness (QED) is 0.473. The summed E-state index contributed by atoms with van der Waals surface area (Å²) in [5, 5.41) is 16.0. The largest absolute Gasteiger partial charge is 0.474 e. The summed E-state index contributed by atoms with van der Waals surface area (Å²) in [5.74, 6) is 0.315. The van der Waals surface area contributed by atoms with E-state index in [0.29, 0.717) is 46.1 Å². The standard InChI is InChI=1S/C25H25BrFN5O4/c1-25(2,29-24(34)35)14-8-18(13-4-6-15(27)7-5-13)28-21(9-14)36-22-16-11-32(12-17(16)22)23(33)19-10-20(26)30-31(19)3/h4-10,16-17,22,29H,11-12H2,1-3H3,(H,34,35)/t16-,17+,22?. The summed E-state index contributed by atoms with van der Waals surface area (Å²) in [5.41, 5.74) is 1.50. The monoisotopic (exact) mass is 557 g/mol. The number of rotatable bonds is 6. The Bertz CT molecular complexity index is 1330. The van der Waals surface area contributed by atoms with Crippen LogP contribution in [0.1, 0.15) is 29.9 Å². The number of aryl methyl sites for hydroxylation is 1. The molecule has 1 saturated carbocycles. The maximum atomic E-state index is 13.5. The van der Waals surface area contributed by atoms with E-state index in [1.807, 2.05) is 4.90 Å². The Balaban J connectivity index is 1.35. The van der Waals surface area contributed by atoms with Gasteiger partial charge in [0.05, 0.1) is 11.2 Å². The molecular formula is C25H25BrFN5O4. The highest BCUT2D eigenvalue weighted by Gasteiger charge is 2.59. The number of carboxylic acid groups (broad SMARTS) is 1. The van der Waals surface area contributed by atoms with Crippen LogP contribution in [0, 0.1) is 17.7 Å². The molecule has 3 heterocycles. The van der Waals surface area contributed by atoms with Crippen molar-refractivity contribution in [3.05, 3.63) is 64.1 Å². The second-order valence-corrected chi connectivity index (χ2v) is 10.6. The Kier molecular flexibility index (Phi) is 5.98. The van der Waals surface area contributed by atoms with Crippen LogP contribution in [-0.4, -0.2) is 56.0 Å². The van der Waals surface area contributed by atoms with Gasteiger partial charge in [-0.3, -0.25) is 9.48 Å². The highest BCUT2D eigenvalue weighted by Crippen LogP contribution is 2.48. The summed E-state index contributed by atoms with van der Waals surface area (Å²) in [6, 6.07) is 11.2. The van der Waals surface area contributed by atoms with E-state index in [9.17, 15) is 19.1 Å². The Hall–Kier alpha value is -3.47. The minimum absolute atomic E-state index is 0.0677. The van der Waals surface area contributed by atoms with E-state index in [0.717, 1.165) is 0 Å². The van der Waals surface area contributed by atoms with Crippen molar-refractivity contribution in [1.82, 2.24) is 25.0 Å². The number of likely N-dealkylation sites (tertiary alicyclic amines) is 1. The number of carbonyl (C=O) groups excluding carboxylic acids is 1. The van der Waals surface area contributed by atoms with Crippen LogP contribution < -0.4 is 10.1 Å². The third kappa shape index (κ3) is 4.67. The summed E-state index contributed by atoms with van der Waals surface area (Å²) >= 11 is 3.30. The summed E-state index contributed by atoms with van der Waals surface area (Å²) in [4.78, 5) is 30.7. The van der Waals surface area contributed by atoms with E-state index in [2.05, 4.69) is 31.3 Å². The number of carbonyl (C=O) groups is 2. The van der Waals surface area contributed by atoms with E-state index in [-0.39, 0.29) is 29.7 Å². The predicted molar refractivity (Wildman–Crippen MR) is 132 cm³/mol. The number of hydrogen-bond donors (Lipinski definition) is 2. The Morgan fingerprint density at radius 1 is 1.17 bits per heavy atom. The minimum atomic E-state index is -1.15. The van der Waals surface area contributed by atoms with Crippen molar-refractivity contribution < 1.29 is 23.8 Å². The molecule has 1 saturated heterocycles. The summed E-state index contributed by atoms with van der Waals surface area (Å²) in [6.45, 7) is 4.66. The number of halogens is 2. The number of amides is 2. The number of piperidine rings is 1. The molecule has 1 aliphatic heterocycles. The first kappa shape index (κ1) is 24.2. The second-order valence-electron chi connectivity index (χ2n) is 9.74. The number of ether oxygens (including phenoxy) is 1. The van der Waals surface area contributed by atoms with Gasteiger partial charge in [0.1, 0.15) is 22.2 Å². The number of nitrogens with one attached hydrogen (secondary N) is 1. The number of pyridine rings is 1. The normalized spacial score (nSPS) is 20.7. The lowest BCUT2D eigenvalue weighted by atomic mass is 9.93. The smallest absolute Gasteiger partial charge is 0.405 e. The SMILES string of the molecule is Cn1nc(Br)cc1C(=O)N1C[C@@H]2C(Oc3cc(C(C)(C)NC(=O)O)cc(-c4ccc(F)cc4)n3)[C@@H]2C1. The van der Waals surface area contributed by atoms with Gasteiger partial charge in [0.2, 0.25) is 5.88 Å². The van der Waals surface area contributed by atoms with E-state index in [4.69, 9.17) is 4.74 Å². The number of aromatic nitrogens is 3.